The van der Waals surface area contributed by atoms with E-state index in [1.54, 1.807) is 19.2 Å². The molecular formula is C14H19NO5S. The van der Waals surface area contributed by atoms with Crippen molar-refractivity contribution >= 4 is 29.3 Å². The molecule has 0 radical (unpaired) electrons. The molecule has 1 amide bonds. The topological polar surface area (TPSA) is 87.1 Å². The molecule has 21 heavy (non-hydrogen) atoms. The minimum absolute atomic E-state index is 0.131. The van der Waals surface area contributed by atoms with Gasteiger partial charge in [-0.1, -0.05) is 0 Å². The number of aliphatic hydroxyl groups is 1. The molecule has 1 aromatic carbocycles. The number of carboxylic acid groups (broad SMARTS) is 1. The highest BCUT2D eigenvalue weighted by Gasteiger charge is 2.15. The molecule has 7 heteroatoms. The molecule has 0 bridgehead atoms. The van der Waals surface area contributed by atoms with E-state index in [0.29, 0.717) is 18.0 Å². The summed E-state index contributed by atoms with van der Waals surface area (Å²) in [6, 6.07) is 6.01. The highest BCUT2D eigenvalue weighted by Crippen LogP contribution is 2.17. The summed E-state index contributed by atoms with van der Waals surface area (Å²) in [6.45, 7) is 0.594. The normalized spacial score (nSPS) is 10.4. The first-order valence-electron chi connectivity index (χ1n) is 6.41. The number of benzene rings is 1. The Kier molecular flexibility index (Phi) is 7.81. The third kappa shape index (κ3) is 5.74. The fourth-order valence-electron chi connectivity index (χ4n) is 1.66. The number of thioether (sulfide) groups is 1. The Bertz CT molecular complexity index is 463. The van der Waals surface area contributed by atoms with Crippen LogP contribution in [-0.2, 0) is 9.53 Å². The van der Waals surface area contributed by atoms with E-state index in [-0.39, 0.29) is 30.4 Å². The summed E-state index contributed by atoms with van der Waals surface area (Å²) in [5.41, 5.74) is 0.732. The Morgan fingerprint density at radius 1 is 1.29 bits per heavy atom. The smallest absolute Gasteiger partial charge is 0.335 e. The second kappa shape index (κ2) is 9.38. The van der Waals surface area contributed by atoms with E-state index in [4.69, 9.17) is 14.9 Å². The van der Waals surface area contributed by atoms with Crippen molar-refractivity contribution < 1.29 is 24.5 Å². The average molecular weight is 313 g/mol. The Morgan fingerprint density at radius 2 is 1.95 bits per heavy atom. The van der Waals surface area contributed by atoms with Crippen LogP contribution in [0.5, 0.6) is 0 Å². The first-order chi connectivity index (χ1) is 10.1. The van der Waals surface area contributed by atoms with Gasteiger partial charge in [0, 0.05) is 25.1 Å². The van der Waals surface area contributed by atoms with Crippen LogP contribution in [0.2, 0.25) is 0 Å². The molecule has 116 valence electrons. The van der Waals surface area contributed by atoms with Crippen molar-refractivity contribution in [3.05, 3.63) is 29.8 Å². The van der Waals surface area contributed by atoms with E-state index in [1.807, 2.05) is 0 Å². The van der Waals surface area contributed by atoms with E-state index in [0.717, 1.165) is 0 Å². The predicted molar refractivity (Wildman–Crippen MR) is 82.0 cm³/mol. The number of rotatable bonds is 9. The van der Waals surface area contributed by atoms with Crippen LogP contribution in [0.3, 0.4) is 0 Å². The largest absolute Gasteiger partial charge is 0.478 e. The first kappa shape index (κ1) is 17.5. The van der Waals surface area contributed by atoms with Crippen LogP contribution >= 0.6 is 11.8 Å². The summed E-state index contributed by atoms with van der Waals surface area (Å²) >= 11 is 1.45. The lowest BCUT2D eigenvalue weighted by molar-refractivity contribution is -0.116. The molecule has 0 aliphatic heterocycles. The van der Waals surface area contributed by atoms with Gasteiger partial charge in [0.1, 0.15) is 0 Å². The number of nitrogens with zero attached hydrogens (tertiary/aromatic N) is 1. The van der Waals surface area contributed by atoms with Crippen LogP contribution in [0.4, 0.5) is 5.69 Å². The van der Waals surface area contributed by atoms with Crippen molar-refractivity contribution in [1.82, 2.24) is 0 Å². The lowest BCUT2D eigenvalue weighted by atomic mass is 10.2. The number of hydrogen-bond donors (Lipinski definition) is 2. The van der Waals surface area contributed by atoms with Gasteiger partial charge in [-0.05, 0) is 24.3 Å². The van der Waals surface area contributed by atoms with Crippen molar-refractivity contribution in [1.29, 1.82) is 0 Å². The minimum atomic E-state index is -1.02. The standard InChI is InChI=1S/C14H19NO5S/c1-20-8-9-21-10-13(17)15(6-7-16)12-4-2-11(3-5-12)14(18)19/h2-5,16H,6-10H2,1H3,(H,18,19). The lowest BCUT2D eigenvalue weighted by Crippen LogP contribution is -2.35. The van der Waals surface area contributed by atoms with Crippen LogP contribution < -0.4 is 4.90 Å². The molecule has 0 fully saturated rings. The highest BCUT2D eigenvalue weighted by molar-refractivity contribution is 7.99. The van der Waals surface area contributed by atoms with E-state index in [1.165, 1.54) is 28.8 Å². The summed E-state index contributed by atoms with van der Waals surface area (Å²) in [5, 5.41) is 17.9. The number of carboxylic acids is 1. The molecule has 1 aromatic rings. The second-order valence-corrected chi connectivity index (χ2v) is 5.27. The van der Waals surface area contributed by atoms with Gasteiger partial charge < -0.3 is 19.8 Å². The van der Waals surface area contributed by atoms with Gasteiger partial charge in [0.15, 0.2) is 0 Å². The van der Waals surface area contributed by atoms with Gasteiger partial charge >= 0.3 is 5.97 Å². The molecule has 0 heterocycles. The van der Waals surface area contributed by atoms with Crippen LogP contribution in [0, 0.1) is 0 Å². The summed E-state index contributed by atoms with van der Waals surface area (Å²) in [4.78, 5) is 24.4. The van der Waals surface area contributed by atoms with Crippen molar-refractivity contribution in [2.45, 2.75) is 0 Å². The number of amides is 1. The van der Waals surface area contributed by atoms with Gasteiger partial charge in [-0.15, -0.1) is 11.8 Å². The number of carbonyl (C=O) groups excluding carboxylic acids is 1. The van der Waals surface area contributed by atoms with Gasteiger partial charge in [-0.3, -0.25) is 4.79 Å². The van der Waals surface area contributed by atoms with Gasteiger partial charge in [0.25, 0.3) is 0 Å². The van der Waals surface area contributed by atoms with Crippen molar-refractivity contribution in [3.63, 3.8) is 0 Å². The van der Waals surface area contributed by atoms with Crippen LogP contribution in [-0.4, -0.2) is 60.5 Å². The zero-order valence-corrected chi connectivity index (χ0v) is 12.6. The summed E-state index contributed by atoms with van der Waals surface area (Å²) < 4.78 is 4.91. The number of carbonyl (C=O) groups is 2. The van der Waals surface area contributed by atoms with Crippen molar-refractivity contribution in [2.75, 3.05) is 43.3 Å². The monoisotopic (exact) mass is 313 g/mol. The fraction of sp³-hybridized carbons (Fsp3) is 0.429. The summed E-state index contributed by atoms with van der Waals surface area (Å²) in [6.07, 6.45) is 0. The average Bonchev–Trinajstić information content (AvgIpc) is 2.49. The SMILES string of the molecule is COCCSCC(=O)N(CCO)c1ccc(C(=O)O)cc1. The molecule has 0 aromatic heterocycles. The van der Waals surface area contributed by atoms with Crippen LogP contribution in [0.25, 0.3) is 0 Å². The van der Waals surface area contributed by atoms with Crippen LogP contribution in [0.1, 0.15) is 10.4 Å². The number of hydrogen-bond acceptors (Lipinski definition) is 5. The number of anilines is 1. The molecule has 6 nitrogen and oxygen atoms in total. The van der Waals surface area contributed by atoms with Gasteiger partial charge in [-0.2, -0.15) is 0 Å². The second-order valence-electron chi connectivity index (χ2n) is 4.17. The lowest BCUT2D eigenvalue weighted by Gasteiger charge is -2.22. The fourth-order valence-corrected chi connectivity index (χ4v) is 2.42. The molecule has 2 N–H and O–H groups in total. The molecule has 0 unspecified atom stereocenters. The quantitative estimate of drug-likeness (QED) is 0.664. The molecule has 0 aliphatic rings. The maximum absolute atomic E-state index is 12.2. The van der Waals surface area contributed by atoms with E-state index >= 15 is 0 Å². The maximum Gasteiger partial charge on any atom is 0.335 e. The Balaban J connectivity index is 2.71. The van der Waals surface area contributed by atoms with Gasteiger partial charge in [0.05, 0.1) is 24.5 Å². The predicted octanol–water partition coefficient (Wildman–Crippen LogP) is 1.09. The molecule has 1 rings (SSSR count). The number of aliphatic hydroxyl groups excluding tert-OH is 1. The Morgan fingerprint density at radius 3 is 2.48 bits per heavy atom. The zero-order valence-electron chi connectivity index (χ0n) is 11.8. The first-order valence-corrected chi connectivity index (χ1v) is 7.57. The van der Waals surface area contributed by atoms with Crippen LogP contribution in [0.15, 0.2) is 24.3 Å². The minimum Gasteiger partial charge on any atom is -0.478 e. The maximum atomic E-state index is 12.2. The third-order valence-electron chi connectivity index (χ3n) is 2.71. The molecule has 0 saturated carbocycles. The van der Waals surface area contributed by atoms with Crippen molar-refractivity contribution in [2.24, 2.45) is 0 Å². The van der Waals surface area contributed by atoms with Crippen molar-refractivity contribution in [3.8, 4) is 0 Å². The van der Waals surface area contributed by atoms with Gasteiger partial charge in [-0.25, -0.2) is 4.79 Å². The van der Waals surface area contributed by atoms with E-state index in [2.05, 4.69) is 0 Å². The Labute approximate surface area is 127 Å². The molecule has 0 atom stereocenters. The molecule has 0 saturated heterocycles. The zero-order chi connectivity index (χ0) is 15.7. The van der Waals surface area contributed by atoms with Gasteiger partial charge in [0.2, 0.25) is 5.91 Å². The molecule has 0 spiro atoms. The van der Waals surface area contributed by atoms with E-state index in [9.17, 15) is 9.59 Å². The number of methoxy groups -OCH3 is 1. The third-order valence-corrected chi connectivity index (χ3v) is 3.61. The molecule has 0 aliphatic carbocycles. The van der Waals surface area contributed by atoms with E-state index < -0.39 is 5.97 Å². The Hall–Kier alpha value is -1.57. The molecular weight excluding hydrogens is 294 g/mol. The number of aromatic carboxylic acids is 1. The number of ether oxygens (including phenoxy) is 1. The summed E-state index contributed by atoms with van der Waals surface area (Å²) in [5.74, 6) is -0.151. The highest BCUT2D eigenvalue weighted by atomic mass is 32.2. The summed E-state index contributed by atoms with van der Waals surface area (Å²) in [7, 11) is 1.60.